The second-order valence-electron chi connectivity index (χ2n) is 5.77. The van der Waals surface area contributed by atoms with Gasteiger partial charge in [0.2, 0.25) is 5.91 Å². The monoisotopic (exact) mass is 325 g/mol. The first-order valence-electron chi connectivity index (χ1n) is 7.51. The van der Waals surface area contributed by atoms with Crippen molar-refractivity contribution in [2.45, 2.75) is 44.6 Å². The fraction of sp³-hybridized carbons (Fsp3) is 0.500. The van der Waals surface area contributed by atoms with Gasteiger partial charge in [0.25, 0.3) is 5.91 Å². The minimum atomic E-state index is -0.376. The summed E-state index contributed by atoms with van der Waals surface area (Å²) in [6, 6.07) is 6.65. The number of amides is 2. The Bertz CT molecular complexity index is 516. The fourth-order valence-corrected chi connectivity index (χ4v) is 3.02. The van der Waals surface area contributed by atoms with Gasteiger partial charge in [0, 0.05) is 23.7 Å². The van der Waals surface area contributed by atoms with Crippen molar-refractivity contribution in [2.24, 2.45) is 11.7 Å². The Balaban J connectivity index is 0.00000242. The molecule has 0 aliphatic heterocycles. The molecule has 1 fully saturated rings. The molecule has 5 N–H and O–H groups in total. The number of primary amides is 1. The molecule has 2 amide bonds. The highest BCUT2D eigenvalue weighted by atomic mass is 35.5. The van der Waals surface area contributed by atoms with Crippen molar-refractivity contribution >= 4 is 29.9 Å². The zero-order valence-corrected chi connectivity index (χ0v) is 13.4. The Morgan fingerprint density at radius 1 is 1.23 bits per heavy atom. The number of hydrogen-bond acceptors (Lipinski definition) is 3. The van der Waals surface area contributed by atoms with Gasteiger partial charge in [-0.25, -0.2) is 0 Å². The number of hydrogen-bond donors (Lipinski definition) is 3. The molecule has 1 aliphatic rings. The maximum Gasteiger partial charge on any atom is 0.251 e. The van der Waals surface area contributed by atoms with Gasteiger partial charge in [-0.15, -0.1) is 12.4 Å². The van der Waals surface area contributed by atoms with E-state index in [0.717, 1.165) is 25.7 Å². The molecule has 0 spiro atoms. The Morgan fingerprint density at radius 3 is 2.50 bits per heavy atom. The molecule has 0 bridgehead atoms. The number of carbonyl (C=O) groups excluding carboxylic acids is 2. The molecule has 1 aliphatic carbocycles. The molecule has 0 aromatic heterocycles. The van der Waals surface area contributed by atoms with Gasteiger partial charge < -0.3 is 16.8 Å². The minimum Gasteiger partial charge on any atom is -0.399 e. The van der Waals surface area contributed by atoms with E-state index >= 15 is 0 Å². The zero-order valence-electron chi connectivity index (χ0n) is 12.6. The second-order valence-corrected chi connectivity index (χ2v) is 5.77. The number of nitrogens with one attached hydrogen (secondary N) is 1. The molecule has 22 heavy (non-hydrogen) atoms. The van der Waals surface area contributed by atoms with E-state index in [1.807, 2.05) is 0 Å². The molecule has 0 radical (unpaired) electrons. The van der Waals surface area contributed by atoms with Crippen molar-refractivity contribution in [3.63, 3.8) is 0 Å². The molecule has 1 saturated carbocycles. The van der Waals surface area contributed by atoms with Gasteiger partial charge in [-0.1, -0.05) is 25.3 Å². The third-order valence-corrected chi connectivity index (χ3v) is 4.11. The number of anilines is 1. The van der Waals surface area contributed by atoms with Crippen LogP contribution in [-0.2, 0) is 4.79 Å². The predicted molar refractivity (Wildman–Crippen MR) is 89.7 cm³/mol. The summed E-state index contributed by atoms with van der Waals surface area (Å²) in [5.41, 5.74) is 12.1. The summed E-state index contributed by atoms with van der Waals surface area (Å²) in [5, 5.41) is 2.97. The van der Waals surface area contributed by atoms with E-state index in [1.54, 1.807) is 24.3 Å². The molecule has 122 valence electrons. The third kappa shape index (κ3) is 5.22. The molecule has 1 aromatic carbocycles. The van der Waals surface area contributed by atoms with E-state index in [2.05, 4.69) is 5.32 Å². The van der Waals surface area contributed by atoms with Gasteiger partial charge in [-0.05, 0) is 37.0 Å². The topological polar surface area (TPSA) is 98.2 Å². The number of rotatable bonds is 5. The second kappa shape index (κ2) is 8.63. The standard InChI is InChI=1S/C16H23N3O2.ClH/c17-13-8-4-7-12(9-13)16(21)19-14(10-15(18)20)11-5-2-1-3-6-11;/h4,7-9,11,14H,1-3,5-6,10,17H2,(H2,18,20)(H,19,21);1H. The number of nitrogens with two attached hydrogens (primary N) is 2. The Kier molecular flexibility index (Phi) is 7.18. The van der Waals surface area contributed by atoms with Gasteiger partial charge in [-0.2, -0.15) is 0 Å². The Labute approximate surface area is 137 Å². The van der Waals surface area contributed by atoms with E-state index in [0.29, 0.717) is 17.2 Å². The van der Waals surface area contributed by atoms with Gasteiger partial charge in [-0.3, -0.25) is 9.59 Å². The first-order valence-corrected chi connectivity index (χ1v) is 7.51. The number of carbonyl (C=O) groups is 2. The highest BCUT2D eigenvalue weighted by Gasteiger charge is 2.26. The van der Waals surface area contributed by atoms with Crippen molar-refractivity contribution < 1.29 is 9.59 Å². The molecule has 6 heteroatoms. The van der Waals surface area contributed by atoms with Crippen LogP contribution in [0.3, 0.4) is 0 Å². The maximum absolute atomic E-state index is 12.3. The van der Waals surface area contributed by atoms with Crippen LogP contribution in [0.2, 0.25) is 0 Å². The van der Waals surface area contributed by atoms with E-state index < -0.39 is 0 Å². The average Bonchev–Trinajstić information content (AvgIpc) is 2.47. The maximum atomic E-state index is 12.3. The van der Waals surface area contributed by atoms with Crippen LogP contribution in [0.25, 0.3) is 0 Å². The highest BCUT2D eigenvalue weighted by molar-refractivity contribution is 5.95. The normalized spacial score (nSPS) is 16.4. The van der Waals surface area contributed by atoms with E-state index in [4.69, 9.17) is 11.5 Å². The van der Waals surface area contributed by atoms with Gasteiger partial charge in [0.05, 0.1) is 0 Å². The van der Waals surface area contributed by atoms with Crippen LogP contribution in [0.15, 0.2) is 24.3 Å². The lowest BCUT2D eigenvalue weighted by Gasteiger charge is -2.30. The van der Waals surface area contributed by atoms with Crippen LogP contribution in [0, 0.1) is 5.92 Å². The molecule has 1 atom stereocenters. The minimum absolute atomic E-state index is 0. The zero-order chi connectivity index (χ0) is 15.2. The summed E-state index contributed by atoms with van der Waals surface area (Å²) in [4.78, 5) is 23.6. The van der Waals surface area contributed by atoms with Crippen LogP contribution in [0.4, 0.5) is 5.69 Å². The quantitative estimate of drug-likeness (QED) is 0.724. The number of benzene rings is 1. The van der Waals surface area contributed by atoms with Crippen LogP contribution < -0.4 is 16.8 Å². The summed E-state index contributed by atoms with van der Waals surface area (Å²) >= 11 is 0. The SMILES string of the molecule is Cl.NC(=O)CC(NC(=O)c1cccc(N)c1)C1CCCCC1. The molecule has 1 aromatic rings. The highest BCUT2D eigenvalue weighted by Crippen LogP contribution is 2.28. The van der Waals surface area contributed by atoms with E-state index in [9.17, 15) is 9.59 Å². The van der Waals surface area contributed by atoms with Crippen molar-refractivity contribution in [2.75, 3.05) is 5.73 Å². The summed E-state index contributed by atoms with van der Waals surface area (Å²) < 4.78 is 0. The predicted octanol–water partition coefficient (Wildman–Crippen LogP) is 2.24. The molecule has 1 unspecified atom stereocenters. The van der Waals surface area contributed by atoms with Crippen LogP contribution in [0.1, 0.15) is 48.9 Å². The first-order chi connectivity index (χ1) is 10.1. The smallest absolute Gasteiger partial charge is 0.251 e. The third-order valence-electron chi connectivity index (χ3n) is 4.11. The van der Waals surface area contributed by atoms with Crippen LogP contribution in [-0.4, -0.2) is 17.9 Å². The molecule has 2 rings (SSSR count). The lowest BCUT2D eigenvalue weighted by Crippen LogP contribution is -2.43. The van der Waals surface area contributed by atoms with Gasteiger partial charge in [0.1, 0.15) is 0 Å². The summed E-state index contributed by atoms with van der Waals surface area (Å²) in [7, 11) is 0. The van der Waals surface area contributed by atoms with Gasteiger partial charge >= 0.3 is 0 Å². The molecule has 0 heterocycles. The first kappa shape index (κ1) is 18.3. The van der Waals surface area contributed by atoms with Gasteiger partial charge in [0.15, 0.2) is 0 Å². The molecular formula is C16H24ClN3O2. The largest absolute Gasteiger partial charge is 0.399 e. The van der Waals surface area contributed by atoms with Crippen LogP contribution >= 0.6 is 12.4 Å². The van der Waals surface area contributed by atoms with Crippen molar-refractivity contribution in [1.29, 1.82) is 0 Å². The van der Waals surface area contributed by atoms with Crippen molar-refractivity contribution in [1.82, 2.24) is 5.32 Å². The average molecular weight is 326 g/mol. The van der Waals surface area contributed by atoms with Crippen molar-refractivity contribution in [3.05, 3.63) is 29.8 Å². The molecule has 0 saturated heterocycles. The number of nitrogen functional groups attached to an aromatic ring is 1. The number of halogens is 1. The summed E-state index contributed by atoms with van der Waals surface area (Å²) in [6.45, 7) is 0. The van der Waals surface area contributed by atoms with Crippen LogP contribution in [0.5, 0.6) is 0 Å². The Hall–Kier alpha value is -1.75. The lowest BCUT2D eigenvalue weighted by atomic mass is 9.82. The molecule has 5 nitrogen and oxygen atoms in total. The lowest BCUT2D eigenvalue weighted by molar-refractivity contribution is -0.118. The summed E-state index contributed by atoms with van der Waals surface area (Å²) in [6.07, 6.45) is 5.79. The Morgan fingerprint density at radius 2 is 1.91 bits per heavy atom. The van der Waals surface area contributed by atoms with E-state index in [1.165, 1.54) is 6.42 Å². The molecular weight excluding hydrogens is 302 g/mol. The van der Waals surface area contributed by atoms with E-state index in [-0.39, 0.29) is 36.7 Å². The van der Waals surface area contributed by atoms with Crippen molar-refractivity contribution in [3.8, 4) is 0 Å². The summed E-state index contributed by atoms with van der Waals surface area (Å²) in [5.74, 6) is -0.242. The fourth-order valence-electron chi connectivity index (χ4n) is 3.02.